The van der Waals surface area contributed by atoms with Crippen LogP contribution < -0.4 is 11.1 Å². The fraction of sp³-hybridized carbons (Fsp3) is 0.222. The van der Waals surface area contributed by atoms with Crippen molar-refractivity contribution in [3.8, 4) is 0 Å². The van der Waals surface area contributed by atoms with Crippen LogP contribution >= 0.6 is 0 Å². The van der Waals surface area contributed by atoms with Gasteiger partial charge in [-0.2, -0.15) is 0 Å². The van der Waals surface area contributed by atoms with Gasteiger partial charge in [0, 0.05) is 12.5 Å². The highest BCUT2D eigenvalue weighted by molar-refractivity contribution is 5.93. The number of carbonyl (C=O) groups is 1. The Morgan fingerprint density at radius 3 is 2.64 bits per heavy atom. The largest absolute Gasteiger partial charge is 0.397 e. The first-order chi connectivity index (χ1) is 6.54. The number of hydrogen-bond acceptors (Lipinski definition) is 2. The van der Waals surface area contributed by atoms with E-state index < -0.39 is 11.6 Å². The van der Waals surface area contributed by atoms with Gasteiger partial charge in [0.05, 0.1) is 5.69 Å². The molecule has 0 bridgehead atoms. The SMILES string of the molecule is CCC(=O)Nc1c(N)cc(F)cc1F. The van der Waals surface area contributed by atoms with E-state index in [1.165, 1.54) is 0 Å². The zero-order valence-electron chi connectivity index (χ0n) is 7.60. The molecule has 3 nitrogen and oxygen atoms in total. The van der Waals surface area contributed by atoms with Crippen molar-refractivity contribution < 1.29 is 13.6 Å². The van der Waals surface area contributed by atoms with Gasteiger partial charge >= 0.3 is 0 Å². The zero-order valence-corrected chi connectivity index (χ0v) is 7.60. The first-order valence-electron chi connectivity index (χ1n) is 4.09. The van der Waals surface area contributed by atoms with E-state index >= 15 is 0 Å². The van der Waals surface area contributed by atoms with Crippen LogP contribution in [0.4, 0.5) is 20.2 Å². The Morgan fingerprint density at radius 1 is 1.50 bits per heavy atom. The number of hydrogen-bond donors (Lipinski definition) is 2. The number of rotatable bonds is 2. The molecule has 0 spiro atoms. The second-order valence-electron chi connectivity index (χ2n) is 2.75. The molecule has 0 unspecified atom stereocenters. The first kappa shape index (κ1) is 10.4. The normalized spacial score (nSPS) is 9.93. The van der Waals surface area contributed by atoms with Gasteiger partial charge in [0.2, 0.25) is 5.91 Å². The molecule has 1 aromatic rings. The fourth-order valence-corrected chi connectivity index (χ4v) is 0.953. The maximum Gasteiger partial charge on any atom is 0.224 e. The van der Waals surface area contributed by atoms with Crippen molar-refractivity contribution in [3.05, 3.63) is 23.8 Å². The predicted octanol–water partition coefficient (Wildman–Crippen LogP) is 1.90. The summed E-state index contributed by atoms with van der Waals surface area (Å²) in [5.74, 6) is -2.01. The number of nitrogens with two attached hydrogens (primary N) is 1. The third kappa shape index (κ3) is 2.18. The maximum absolute atomic E-state index is 13.1. The lowest BCUT2D eigenvalue weighted by molar-refractivity contribution is -0.115. The van der Waals surface area contributed by atoms with E-state index in [1.54, 1.807) is 6.92 Å². The van der Waals surface area contributed by atoms with Gasteiger partial charge in [-0.25, -0.2) is 8.78 Å². The molecule has 0 radical (unpaired) electrons. The summed E-state index contributed by atoms with van der Waals surface area (Å²) in [7, 11) is 0. The van der Waals surface area contributed by atoms with Crippen LogP contribution in [-0.4, -0.2) is 5.91 Å². The molecule has 0 saturated carbocycles. The van der Waals surface area contributed by atoms with Gasteiger partial charge in [-0.3, -0.25) is 4.79 Å². The average molecular weight is 200 g/mol. The summed E-state index contributed by atoms with van der Waals surface area (Å²) in [6, 6.07) is 1.62. The topological polar surface area (TPSA) is 55.1 Å². The first-order valence-corrected chi connectivity index (χ1v) is 4.09. The van der Waals surface area contributed by atoms with Crippen LogP contribution in [0.1, 0.15) is 13.3 Å². The Balaban J connectivity index is 3.02. The highest BCUT2D eigenvalue weighted by atomic mass is 19.1. The van der Waals surface area contributed by atoms with Gasteiger partial charge in [0.15, 0.2) is 5.82 Å². The average Bonchev–Trinajstić information content (AvgIpc) is 2.10. The molecule has 0 saturated heterocycles. The highest BCUT2D eigenvalue weighted by Crippen LogP contribution is 2.23. The lowest BCUT2D eigenvalue weighted by Crippen LogP contribution is -2.12. The maximum atomic E-state index is 13.1. The van der Waals surface area contributed by atoms with Crippen molar-refractivity contribution >= 4 is 17.3 Å². The fourth-order valence-electron chi connectivity index (χ4n) is 0.953. The van der Waals surface area contributed by atoms with Gasteiger partial charge in [-0.1, -0.05) is 6.92 Å². The van der Waals surface area contributed by atoms with Crippen molar-refractivity contribution in [3.63, 3.8) is 0 Å². The molecule has 5 heteroatoms. The molecule has 14 heavy (non-hydrogen) atoms. The second-order valence-corrected chi connectivity index (χ2v) is 2.75. The Labute approximate surface area is 79.9 Å². The molecule has 0 aromatic heterocycles. The zero-order chi connectivity index (χ0) is 10.7. The van der Waals surface area contributed by atoms with Crippen LogP contribution in [0, 0.1) is 11.6 Å². The van der Waals surface area contributed by atoms with Gasteiger partial charge in [0.1, 0.15) is 11.5 Å². The van der Waals surface area contributed by atoms with Gasteiger partial charge < -0.3 is 11.1 Å². The minimum Gasteiger partial charge on any atom is -0.397 e. The van der Waals surface area contributed by atoms with Gasteiger partial charge in [-0.15, -0.1) is 0 Å². The van der Waals surface area contributed by atoms with Crippen molar-refractivity contribution in [1.29, 1.82) is 0 Å². The van der Waals surface area contributed by atoms with Crippen LogP contribution in [0.25, 0.3) is 0 Å². The van der Waals surface area contributed by atoms with Crippen LogP contribution in [0.2, 0.25) is 0 Å². The molecule has 76 valence electrons. The summed E-state index contributed by atoms with van der Waals surface area (Å²) < 4.78 is 25.7. The Bertz CT molecular complexity index is 343. The second kappa shape index (κ2) is 4.04. The van der Waals surface area contributed by atoms with Crippen LogP contribution in [0.5, 0.6) is 0 Å². The van der Waals surface area contributed by atoms with Crippen LogP contribution in [0.15, 0.2) is 12.1 Å². The van der Waals surface area contributed by atoms with E-state index in [1.807, 2.05) is 0 Å². The molecule has 1 rings (SSSR count). The van der Waals surface area contributed by atoms with Crippen LogP contribution in [0.3, 0.4) is 0 Å². The van der Waals surface area contributed by atoms with E-state index in [2.05, 4.69) is 5.32 Å². The monoisotopic (exact) mass is 200 g/mol. The molecule has 0 aliphatic heterocycles. The van der Waals surface area contributed by atoms with E-state index in [0.717, 1.165) is 6.07 Å². The number of halogens is 2. The molecule has 0 fully saturated rings. The van der Waals surface area contributed by atoms with E-state index in [4.69, 9.17) is 5.73 Å². The van der Waals surface area contributed by atoms with Crippen molar-refractivity contribution in [2.45, 2.75) is 13.3 Å². The van der Waals surface area contributed by atoms with E-state index in [0.29, 0.717) is 6.07 Å². The minimum absolute atomic E-state index is 0.121. The number of nitrogen functional groups attached to an aromatic ring is 1. The van der Waals surface area contributed by atoms with Gasteiger partial charge in [0.25, 0.3) is 0 Å². The number of amides is 1. The molecule has 1 amide bonds. The molecule has 0 atom stereocenters. The molecule has 1 aromatic carbocycles. The molecular formula is C9H10F2N2O. The molecular weight excluding hydrogens is 190 g/mol. The predicted molar refractivity (Wildman–Crippen MR) is 49.7 cm³/mol. The van der Waals surface area contributed by atoms with Gasteiger partial charge in [-0.05, 0) is 6.07 Å². The molecule has 0 heterocycles. The lowest BCUT2D eigenvalue weighted by Gasteiger charge is -2.08. The summed E-state index contributed by atoms with van der Waals surface area (Å²) in [6.07, 6.45) is 0.205. The number of benzene rings is 1. The minimum atomic E-state index is -0.871. The van der Waals surface area contributed by atoms with E-state index in [-0.39, 0.29) is 23.7 Å². The standard InChI is InChI=1S/C9H10F2N2O/c1-2-8(14)13-9-6(11)3-5(10)4-7(9)12/h3-4H,2,12H2,1H3,(H,13,14). The lowest BCUT2D eigenvalue weighted by atomic mass is 10.2. The highest BCUT2D eigenvalue weighted by Gasteiger charge is 2.10. The Morgan fingerprint density at radius 2 is 2.14 bits per heavy atom. The summed E-state index contributed by atoms with van der Waals surface area (Å²) >= 11 is 0. The smallest absolute Gasteiger partial charge is 0.224 e. The van der Waals surface area contributed by atoms with Crippen LogP contribution in [-0.2, 0) is 4.79 Å². The van der Waals surface area contributed by atoms with Crippen molar-refractivity contribution in [1.82, 2.24) is 0 Å². The summed E-state index contributed by atoms with van der Waals surface area (Å²) in [4.78, 5) is 10.9. The Kier molecular flexibility index (Phi) is 3.01. The summed E-state index contributed by atoms with van der Waals surface area (Å²) in [5.41, 5.74) is 5.04. The summed E-state index contributed by atoms with van der Waals surface area (Å²) in [6.45, 7) is 1.62. The Hall–Kier alpha value is -1.65. The summed E-state index contributed by atoms with van der Waals surface area (Å²) in [5, 5.41) is 2.25. The van der Waals surface area contributed by atoms with E-state index in [9.17, 15) is 13.6 Å². The third-order valence-electron chi connectivity index (χ3n) is 1.67. The third-order valence-corrected chi connectivity index (χ3v) is 1.67. The number of anilines is 2. The number of carbonyl (C=O) groups excluding carboxylic acids is 1. The molecule has 0 aliphatic rings. The van der Waals surface area contributed by atoms with Crippen molar-refractivity contribution in [2.75, 3.05) is 11.1 Å². The number of nitrogens with one attached hydrogen (secondary N) is 1. The van der Waals surface area contributed by atoms with Crippen molar-refractivity contribution in [2.24, 2.45) is 0 Å². The quantitative estimate of drug-likeness (QED) is 0.716. The molecule has 3 N–H and O–H groups in total. The molecule has 0 aliphatic carbocycles.